The van der Waals surface area contributed by atoms with Gasteiger partial charge in [0.2, 0.25) is 5.91 Å². The lowest BCUT2D eigenvalue weighted by Crippen LogP contribution is -2.53. The molecule has 0 radical (unpaired) electrons. The fraction of sp³-hybridized carbons (Fsp3) is 0.933. The minimum absolute atomic E-state index is 0.109. The normalized spacial score (nSPS) is 15.1. The van der Waals surface area contributed by atoms with Crippen LogP contribution in [-0.2, 0) is 4.79 Å². The Morgan fingerprint density at radius 1 is 1.11 bits per heavy atom. The molecule has 2 unspecified atom stereocenters. The van der Waals surface area contributed by atoms with Gasteiger partial charge in [0.1, 0.15) is 0 Å². The first kappa shape index (κ1) is 18.4. The topological polar surface area (TPSA) is 44.4 Å². The second-order valence-electron chi connectivity index (χ2n) is 6.02. The van der Waals surface area contributed by atoms with Gasteiger partial charge in [-0.25, -0.2) is 0 Å². The third-order valence-electron chi connectivity index (χ3n) is 3.56. The van der Waals surface area contributed by atoms with E-state index in [0.717, 1.165) is 19.4 Å². The fourth-order valence-corrected chi connectivity index (χ4v) is 2.07. The molecule has 0 aliphatic heterocycles. The van der Waals surface area contributed by atoms with Crippen LogP contribution in [0, 0.1) is 5.92 Å². The first-order valence-corrected chi connectivity index (χ1v) is 7.52. The van der Waals surface area contributed by atoms with E-state index >= 15 is 0 Å². The predicted octanol–water partition coefficient (Wildman–Crippen LogP) is 1.86. The van der Waals surface area contributed by atoms with Crippen LogP contribution in [0.5, 0.6) is 0 Å². The maximum atomic E-state index is 12.1. The molecule has 4 nitrogen and oxygen atoms in total. The van der Waals surface area contributed by atoms with Crippen LogP contribution in [0.25, 0.3) is 0 Å². The summed E-state index contributed by atoms with van der Waals surface area (Å²) in [7, 11) is 4.12. The summed E-state index contributed by atoms with van der Waals surface area (Å²) in [6.07, 6.45) is 1.97. The van der Waals surface area contributed by atoms with Gasteiger partial charge in [0.25, 0.3) is 0 Å². The first-order chi connectivity index (χ1) is 8.81. The van der Waals surface area contributed by atoms with Gasteiger partial charge in [-0.1, -0.05) is 27.7 Å². The van der Waals surface area contributed by atoms with E-state index in [1.54, 1.807) is 0 Å². The minimum atomic E-state index is -0.145. The summed E-state index contributed by atoms with van der Waals surface area (Å²) < 4.78 is 0. The van der Waals surface area contributed by atoms with Crippen LogP contribution in [0.4, 0.5) is 0 Å². The third-order valence-corrected chi connectivity index (χ3v) is 3.56. The van der Waals surface area contributed by atoms with Crippen molar-refractivity contribution in [2.24, 2.45) is 5.92 Å². The van der Waals surface area contributed by atoms with E-state index in [1.807, 2.05) is 6.92 Å². The van der Waals surface area contributed by atoms with Gasteiger partial charge < -0.3 is 15.5 Å². The van der Waals surface area contributed by atoms with Crippen LogP contribution in [0.1, 0.15) is 47.5 Å². The Labute approximate surface area is 119 Å². The van der Waals surface area contributed by atoms with Crippen molar-refractivity contribution in [3.8, 4) is 0 Å². The van der Waals surface area contributed by atoms with Crippen molar-refractivity contribution in [2.75, 3.05) is 20.6 Å². The summed E-state index contributed by atoms with van der Waals surface area (Å²) in [5, 5.41) is 6.55. The minimum Gasteiger partial charge on any atom is -0.352 e. The summed E-state index contributed by atoms with van der Waals surface area (Å²) in [5.41, 5.74) is 0. The van der Waals surface area contributed by atoms with Crippen molar-refractivity contribution < 1.29 is 4.79 Å². The fourth-order valence-electron chi connectivity index (χ4n) is 2.07. The van der Waals surface area contributed by atoms with Crippen LogP contribution in [-0.4, -0.2) is 49.6 Å². The van der Waals surface area contributed by atoms with E-state index in [9.17, 15) is 4.79 Å². The molecule has 4 heteroatoms. The molecule has 0 saturated heterocycles. The van der Waals surface area contributed by atoms with Gasteiger partial charge in [-0.3, -0.25) is 4.79 Å². The molecule has 1 amide bonds. The second kappa shape index (κ2) is 9.32. The Kier molecular flexibility index (Phi) is 9.02. The zero-order valence-corrected chi connectivity index (χ0v) is 13.8. The highest BCUT2D eigenvalue weighted by Gasteiger charge is 2.21. The van der Waals surface area contributed by atoms with Crippen LogP contribution in [0.15, 0.2) is 0 Å². The molecule has 0 spiro atoms. The number of hydrogen-bond donors (Lipinski definition) is 2. The molecule has 0 aliphatic rings. The number of carbonyl (C=O) groups excluding carboxylic acids is 1. The van der Waals surface area contributed by atoms with E-state index in [1.165, 1.54) is 0 Å². The SMILES string of the molecule is CCC(CC)NC(=O)C(C)NC(CN(C)C)C(C)C. The largest absolute Gasteiger partial charge is 0.352 e. The standard InChI is InChI=1S/C15H33N3O/c1-8-13(9-2)17-15(19)12(5)16-14(11(3)4)10-18(6)7/h11-14,16H,8-10H2,1-7H3,(H,17,19). The lowest BCUT2D eigenvalue weighted by Gasteiger charge is -2.29. The molecule has 0 heterocycles. The first-order valence-electron chi connectivity index (χ1n) is 7.52. The highest BCUT2D eigenvalue weighted by Crippen LogP contribution is 2.05. The zero-order chi connectivity index (χ0) is 15.0. The zero-order valence-electron chi connectivity index (χ0n) is 13.8. The highest BCUT2D eigenvalue weighted by molar-refractivity contribution is 5.81. The number of rotatable bonds is 9. The third kappa shape index (κ3) is 7.53. The number of nitrogens with zero attached hydrogens (tertiary/aromatic N) is 1. The molecule has 0 aliphatic carbocycles. The lowest BCUT2D eigenvalue weighted by molar-refractivity contribution is -0.123. The van der Waals surface area contributed by atoms with Crippen molar-refractivity contribution in [3.63, 3.8) is 0 Å². The average Bonchev–Trinajstić information content (AvgIpc) is 2.33. The van der Waals surface area contributed by atoms with E-state index in [-0.39, 0.29) is 11.9 Å². The molecule has 19 heavy (non-hydrogen) atoms. The lowest BCUT2D eigenvalue weighted by atomic mass is 10.0. The van der Waals surface area contributed by atoms with E-state index in [4.69, 9.17) is 0 Å². The summed E-state index contributed by atoms with van der Waals surface area (Å²) in [6.45, 7) is 11.5. The summed E-state index contributed by atoms with van der Waals surface area (Å²) in [4.78, 5) is 14.3. The Morgan fingerprint density at radius 3 is 2.00 bits per heavy atom. The smallest absolute Gasteiger partial charge is 0.237 e. The predicted molar refractivity (Wildman–Crippen MR) is 82.3 cm³/mol. The van der Waals surface area contributed by atoms with Crippen molar-refractivity contribution in [1.29, 1.82) is 0 Å². The van der Waals surface area contributed by atoms with Gasteiger partial charge in [-0.2, -0.15) is 0 Å². The maximum Gasteiger partial charge on any atom is 0.237 e. The van der Waals surface area contributed by atoms with Crippen LogP contribution in [0.3, 0.4) is 0 Å². The quantitative estimate of drug-likeness (QED) is 0.673. The number of amides is 1. The number of carbonyl (C=O) groups is 1. The second-order valence-corrected chi connectivity index (χ2v) is 6.02. The van der Waals surface area contributed by atoms with Crippen molar-refractivity contribution >= 4 is 5.91 Å². The van der Waals surface area contributed by atoms with Gasteiger partial charge in [0, 0.05) is 18.6 Å². The summed E-state index contributed by atoms with van der Waals surface area (Å²) in [6, 6.07) is 0.480. The molecule has 0 aromatic rings. The molecular formula is C15H33N3O. The Hall–Kier alpha value is -0.610. The summed E-state index contributed by atoms with van der Waals surface area (Å²) >= 11 is 0. The summed E-state index contributed by atoms with van der Waals surface area (Å²) in [5.74, 6) is 0.615. The monoisotopic (exact) mass is 271 g/mol. The molecule has 2 atom stereocenters. The number of hydrogen-bond acceptors (Lipinski definition) is 3. The highest BCUT2D eigenvalue weighted by atomic mass is 16.2. The molecule has 114 valence electrons. The Bertz CT molecular complexity index is 250. The van der Waals surface area contributed by atoms with E-state index in [0.29, 0.717) is 18.0 Å². The molecule has 0 bridgehead atoms. The Morgan fingerprint density at radius 2 is 1.63 bits per heavy atom. The van der Waals surface area contributed by atoms with Gasteiger partial charge in [0.15, 0.2) is 0 Å². The van der Waals surface area contributed by atoms with Gasteiger partial charge in [-0.15, -0.1) is 0 Å². The van der Waals surface area contributed by atoms with Gasteiger partial charge >= 0.3 is 0 Å². The van der Waals surface area contributed by atoms with Crippen molar-refractivity contribution in [3.05, 3.63) is 0 Å². The van der Waals surface area contributed by atoms with Crippen LogP contribution >= 0.6 is 0 Å². The van der Waals surface area contributed by atoms with E-state index in [2.05, 4.69) is 57.3 Å². The van der Waals surface area contributed by atoms with Crippen molar-refractivity contribution in [1.82, 2.24) is 15.5 Å². The molecular weight excluding hydrogens is 238 g/mol. The molecule has 0 aromatic heterocycles. The van der Waals surface area contributed by atoms with E-state index < -0.39 is 0 Å². The number of likely N-dealkylation sites (N-methyl/N-ethyl adjacent to an activating group) is 1. The molecule has 0 saturated carbocycles. The average molecular weight is 271 g/mol. The Balaban J connectivity index is 4.38. The molecule has 0 aromatic carbocycles. The van der Waals surface area contributed by atoms with Gasteiger partial charge in [-0.05, 0) is 39.8 Å². The molecule has 2 N–H and O–H groups in total. The molecule has 0 fully saturated rings. The number of nitrogens with one attached hydrogen (secondary N) is 2. The molecule has 0 rings (SSSR count). The maximum absolute atomic E-state index is 12.1. The van der Waals surface area contributed by atoms with Crippen LogP contribution in [0.2, 0.25) is 0 Å². The van der Waals surface area contributed by atoms with Crippen molar-refractivity contribution in [2.45, 2.75) is 65.6 Å². The van der Waals surface area contributed by atoms with Gasteiger partial charge in [0.05, 0.1) is 6.04 Å². The van der Waals surface area contributed by atoms with Crippen LogP contribution < -0.4 is 10.6 Å².